The largest absolute Gasteiger partial charge is 0.465 e. The maximum absolute atomic E-state index is 14.5. The van der Waals surface area contributed by atoms with E-state index in [0.717, 1.165) is 33.8 Å². The number of carboxylic acid groups (broad SMARTS) is 1. The Balaban J connectivity index is 1.41. The lowest BCUT2D eigenvalue weighted by atomic mass is 9.84. The standard InChI is InChI=1S/C46H59N7O6/c1-30-14-13-17-34(48-30)29-52-24-25-53(44(52)59)40(46(5,6)7)42(56)49-35(26-31-15-9-8-10-16-31)28-38(54)37(50-41(55)39(45(2,3)4)51-43(57)58)27-32-19-21-33(22-20-32)36-18-11-12-23-47-36/h8-23,35,37-40,51,54H,24-29H2,1-7H3,(H,49,56)(H,50,55)(H,57,58)/t35-,37-,38+,39+,40+/m0/s1. The molecule has 59 heavy (non-hydrogen) atoms. The second kappa shape index (κ2) is 19.3. The number of aliphatic hydroxyl groups is 1. The minimum absolute atomic E-state index is 0.0418. The summed E-state index contributed by atoms with van der Waals surface area (Å²) in [6, 6.07) is 25.0. The summed E-state index contributed by atoms with van der Waals surface area (Å²) in [5, 5.41) is 30.3. The Morgan fingerprint density at radius 1 is 0.763 bits per heavy atom. The van der Waals surface area contributed by atoms with Crippen LogP contribution in [0.2, 0.25) is 0 Å². The van der Waals surface area contributed by atoms with Crippen LogP contribution in [0.5, 0.6) is 0 Å². The second-order valence-corrected chi connectivity index (χ2v) is 17.6. The van der Waals surface area contributed by atoms with Crippen LogP contribution in [0.15, 0.2) is 97.2 Å². The summed E-state index contributed by atoms with van der Waals surface area (Å²) < 4.78 is 0. The van der Waals surface area contributed by atoms with E-state index in [2.05, 4.69) is 25.9 Å². The Labute approximate surface area is 347 Å². The molecule has 0 unspecified atom stereocenters. The first-order valence-electron chi connectivity index (χ1n) is 20.2. The van der Waals surface area contributed by atoms with E-state index in [1.807, 2.05) is 119 Å². The van der Waals surface area contributed by atoms with Gasteiger partial charge in [0.05, 0.1) is 30.1 Å². The number of urea groups is 1. The monoisotopic (exact) mass is 805 g/mol. The molecule has 5 amide bonds. The van der Waals surface area contributed by atoms with Crippen LogP contribution in [0, 0.1) is 17.8 Å². The Morgan fingerprint density at radius 3 is 2.05 bits per heavy atom. The lowest BCUT2D eigenvalue weighted by molar-refractivity contribution is -0.130. The molecule has 314 valence electrons. The highest BCUT2D eigenvalue weighted by atomic mass is 16.4. The number of hydrogen-bond acceptors (Lipinski definition) is 7. The first-order chi connectivity index (χ1) is 27.9. The van der Waals surface area contributed by atoms with Gasteiger partial charge in [0.15, 0.2) is 0 Å². The molecular formula is C46H59N7O6. The molecule has 1 aliphatic rings. The number of amides is 5. The molecule has 4 aromatic rings. The van der Waals surface area contributed by atoms with Crippen molar-refractivity contribution in [1.82, 2.24) is 35.7 Å². The lowest BCUT2D eigenvalue weighted by Crippen LogP contribution is -2.59. The molecule has 0 saturated carbocycles. The van der Waals surface area contributed by atoms with Gasteiger partial charge >= 0.3 is 12.1 Å². The number of carbonyl (C=O) groups excluding carboxylic acids is 3. The molecule has 5 atom stereocenters. The quantitative estimate of drug-likeness (QED) is 0.0917. The fourth-order valence-corrected chi connectivity index (χ4v) is 7.65. The number of nitrogens with zero attached hydrogens (tertiary/aromatic N) is 4. The molecule has 2 aromatic heterocycles. The average Bonchev–Trinajstić information content (AvgIpc) is 3.51. The number of benzene rings is 2. The Bertz CT molecular complexity index is 2030. The zero-order valence-electron chi connectivity index (χ0n) is 35.2. The third-order valence-electron chi connectivity index (χ3n) is 10.6. The summed E-state index contributed by atoms with van der Waals surface area (Å²) in [6.07, 6.45) is -0.187. The van der Waals surface area contributed by atoms with E-state index in [-0.39, 0.29) is 24.8 Å². The van der Waals surface area contributed by atoms with Gasteiger partial charge in [-0.2, -0.15) is 0 Å². The predicted molar refractivity (Wildman–Crippen MR) is 227 cm³/mol. The molecule has 13 nitrogen and oxygen atoms in total. The van der Waals surface area contributed by atoms with Gasteiger partial charge in [0.25, 0.3) is 0 Å². The fraction of sp³-hybridized carbons (Fsp3) is 0.435. The molecule has 3 heterocycles. The Hall–Kier alpha value is -5.82. The first-order valence-corrected chi connectivity index (χ1v) is 20.2. The van der Waals surface area contributed by atoms with Gasteiger partial charge in [-0.25, -0.2) is 9.59 Å². The third-order valence-corrected chi connectivity index (χ3v) is 10.6. The number of hydrogen-bond donors (Lipinski definition) is 5. The van der Waals surface area contributed by atoms with Crippen molar-refractivity contribution in [1.29, 1.82) is 0 Å². The van der Waals surface area contributed by atoms with Crippen LogP contribution < -0.4 is 16.0 Å². The van der Waals surface area contributed by atoms with Gasteiger partial charge in [-0.3, -0.25) is 19.6 Å². The highest BCUT2D eigenvalue weighted by molar-refractivity contribution is 5.89. The molecule has 0 bridgehead atoms. The zero-order chi connectivity index (χ0) is 42.9. The van der Waals surface area contributed by atoms with Crippen LogP contribution >= 0.6 is 0 Å². The van der Waals surface area contributed by atoms with Gasteiger partial charge in [-0.05, 0) is 72.4 Å². The van der Waals surface area contributed by atoms with Crippen molar-refractivity contribution in [3.05, 3.63) is 120 Å². The topological polar surface area (TPSA) is 177 Å². The Morgan fingerprint density at radius 2 is 1.44 bits per heavy atom. The smallest absolute Gasteiger partial charge is 0.405 e. The van der Waals surface area contributed by atoms with Crippen molar-refractivity contribution in [3.8, 4) is 11.3 Å². The number of carbonyl (C=O) groups is 4. The van der Waals surface area contributed by atoms with Crippen LogP contribution in [0.1, 0.15) is 70.5 Å². The van der Waals surface area contributed by atoms with Crippen LogP contribution in [-0.2, 0) is 29.0 Å². The van der Waals surface area contributed by atoms with Gasteiger partial charge in [0.2, 0.25) is 11.8 Å². The van der Waals surface area contributed by atoms with Crippen molar-refractivity contribution in [3.63, 3.8) is 0 Å². The molecule has 0 radical (unpaired) electrons. The summed E-state index contributed by atoms with van der Waals surface area (Å²) in [5.74, 6) is -0.929. The van der Waals surface area contributed by atoms with Crippen molar-refractivity contribution in [2.45, 2.75) is 105 Å². The van der Waals surface area contributed by atoms with E-state index < -0.39 is 53.1 Å². The minimum atomic E-state index is -1.34. The molecule has 1 aliphatic heterocycles. The molecule has 13 heteroatoms. The summed E-state index contributed by atoms with van der Waals surface area (Å²) in [7, 11) is 0. The van der Waals surface area contributed by atoms with Gasteiger partial charge in [-0.1, -0.05) is 108 Å². The van der Waals surface area contributed by atoms with E-state index in [0.29, 0.717) is 26.1 Å². The summed E-state index contributed by atoms with van der Waals surface area (Å²) in [5.41, 5.74) is 3.65. The van der Waals surface area contributed by atoms with Gasteiger partial charge in [0, 0.05) is 36.6 Å². The molecule has 2 aromatic carbocycles. The molecule has 1 saturated heterocycles. The second-order valence-electron chi connectivity index (χ2n) is 17.6. The average molecular weight is 806 g/mol. The molecule has 5 rings (SSSR count). The molecule has 0 aliphatic carbocycles. The van der Waals surface area contributed by atoms with Crippen LogP contribution in [0.4, 0.5) is 9.59 Å². The van der Waals surface area contributed by atoms with Crippen LogP contribution in [0.25, 0.3) is 11.3 Å². The molecule has 1 fully saturated rings. The Kier molecular flexibility index (Phi) is 14.5. The SMILES string of the molecule is Cc1cccc(CN2CCN([C@H](C(=O)N[C@@H](Cc3ccccc3)C[C@@H](O)[C@H](Cc3ccc(-c4ccccn4)cc3)NC(=O)[C@@H](NC(=O)O)C(C)(C)C)C(C)(C)C)C2=O)n1. The van der Waals surface area contributed by atoms with Crippen LogP contribution in [-0.4, -0.2) is 97.3 Å². The molecular weight excluding hydrogens is 747 g/mol. The van der Waals surface area contributed by atoms with Crippen molar-refractivity contribution < 1.29 is 29.4 Å². The summed E-state index contributed by atoms with van der Waals surface area (Å²) in [4.78, 5) is 66.5. The maximum Gasteiger partial charge on any atom is 0.405 e. The van der Waals surface area contributed by atoms with Crippen molar-refractivity contribution >= 4 is 23.9 Å². The molecule has 0 spiro atoms. The number of nitrogens with one attached hydrogen (secondary N) is 3. The van der Waals surface area contributed by atoms with Gasteiger partial charge in [-0.15, -0.1) is 0 Å². The van der Waals surface area contributed by atoms with Crippen molar-refractivity contribution in [2.75, 3.05) is 13.1 Å². The van der Waals surface area contributed by atoms with E-state index in [1.54, 1.807) is 36.8 Å². The lowest BCUT2D eigenvalue weighted by Gasteiger charge is -2.38. The number of pyridine rings is 2. The third kappa shape index (κ3) is 12.3. The minimum Gasteiger partial charge on any atom is -0.465 e. The van der Waals surface area contributed by atoms with E-state index in [9.17, 15) is 29.4 Å². The predicted octanol–water partition coefficient (Wildman–Crippen LogP) is 5.99. The number of aryl methyl sites for hydroxylation is 1. The summed E-state index contributed by atoms with van der Waals surface area (Å²) >= 11 is 0. The normalized spacial score (nSPS) is 15.8. The fourth-order valence-electron chi connectivity index (χ4n) is 7.65. The zero-order valence-corrected chi connectivity index (χ0v) is 35.2. The van der Waals surface area contributed by atoms with Crippen molar-refractivity contribution in [2.24, 2.45) is 10.8 Å². The van der Waals surface area contributed by atoms with Gasteiger partial charge in [0.1, 0.15) is 12.1 Å². The first kappa shape index (κ1) is 44.3. The molecule has 5 N–H and O–H groups in total. The number of rotatable bonds is 16. The van der Waals surface area contributed by atoms with E-state index in [4.69, 9.17) is 0 Å². The number of aliphatic hydroxyl groups excluding tert-OH is 1. The van der Waals surface area contributed by atoms with Crippen LogP contribution in [0.3, 0.4) is 0 Å². The number of aromatic nitrogens is 2. The van der Waals surface area contributed by atoms with Gasteiger partial charge < -0.3 is 36.0 Å². The summed E-state index contributed by atoms with van der Waals surface area (Å²) in [6.45, 7) is 14.1. The highest BCUT2D eigenvalue weighted by Crippen LogP contribution is 2.29. The maximum atomic E-state index is 14.5. The van der Waals surface area contributed by atoms with E-state index >= 15 is 0 Å². The van der Waals surface area contributed by atoms with E-state index in [1.165, 1.54) is 0 Å². The highest BCUT2D eigenvalue weighted by Gasteiger charge is 2.44.